The first-order chi connectivity index (χ1) is 14.5. The number of hydrogen-bond donors (Lipinski definition) is 1. The van der Waals surface area contributed by atoms with Gasteiger partial charge in [-0.3, -0.25) is 19.3 Å². The molecular formula is C22H22F3N3O3. The predicted molar refractivity (Wildman–Crippen MR) is 110 cm³/mol. The molecule has 0 radical (unpaired) electrons. The number of carbonyl (C=O) groups is 3. The first-order valence-electron chi connectivity index (χ1n) is 9.64. The van der Waals surface area contributed by atoms with Crippen LogP contribution in [0, 0.1) is 6.92 Å². The number of carbonyl (C=O) groups excluding carboxylic acids is 3. The normalized spacial score (nSPS) is 13.4. The minimum absolute atomic E-state index is 0.00447. The van der Waals surface area contributed by atoms with Crippen molar-refractivity contribution in [3.8, 4) is 0 Å². The van der Waals surface area contributed by atoms with Gasteiger partial charge in [-0.05, 0) is 43.7 Å². The van der Waals surface area contributed by atoms with Gasteiger partial charge in [-0.15, -0.1) is 0 Å². The number of halogens is 3. The summed E-state index contributed by atoms with van der Waals surface area (Å²) < 4.78 is 40.2. The summed E-state index contributed by atoms with van der Waals surface area (Å²) in [5.41, 5.74) is 0.566. The molecule has 31 heavy (non-hydrogen) atoms. The van der Waals surface area contributed by atoms with Gasteiger partial charge in [0.25, 0.3) is 11.8 Å². The molecule has 3 rings (SSSR count). The smallest absolute Gasteiger partial charge is 0.378 e. The molecule has 0 saturated heterocycles. The number of benzene rings is 2. The molecule has 2 aromatic carbocycles. The number of aryl methyl sites for hydroxylation is 1. The van der Waals surface area contributed by atoms with E-state index in [1.54, 1.807) is 32.3 Å². The monoisotopic (exact) mass is 433 g/mol. The zero-order valence-electron chi connectivity index (χ0n) is 17.3. The summed E-state index contributed by atoms with van der Waals surface area (Å²) in [6.45, 7) is 1.82. The number of anilines is 2. The number of hydrogen-bond acceptors (Lipinski definition) is 4. The van der Waals surface area contributed by atoms with Gasteiger partial charge < -0.3 is 10.2 Å². The molecule has 1 aliphatic rings. The summed E-state index contributed by atoms with van der Waals surface area (Å²) in [7, 11) is 3.24. The highest BCUT2D eigenvalue weighted by atomic mass is 19.4. The van der Waals surface area contributed by atoms with Gasteiger partial charge in [-0.2, -0.15) is 13.2 Å². The molecule has 1 heterocycles. The molecule has 6 nitrogen and oxygen atoms in total. The highest BCUT2D eigenvalue weighted by Crippen LogP contribution is 2.37. The summed E-state index contributed by atoms with van der Waals surface area (Å²) in [5, 5.41) is 2.29. The van der Waals surface area contributed by atoms with Crippen molar-refractivity contribution in [1.29, 1.82) is 0 Å². The van der Waals surface area contributed by atoms with E-state index >= 15 is 0 Å². The van der Waals surface area contributed by atoms with Gasteiger partial charge in [0.2, 0.25) is 5.91 Å². The molecule has 0 fully saturated rings. The Bertz CT molecular complexity index is 1050. The number of amides is 3. The van der Waals surface area contributed by atoms with Gasteiger partial charge in [0.1, 0.15) is 0 Å². The van der Waals surface area contributed by atoms with Crippen LogP contribution < -0.4 is 10.2 Å². The SMILES string of the molecule is Cc1ccc2c(c1)C(=O)N(CCCC(=O)Nc1ccc(N(C)C)cc1C(F)(F)F)C2=O. The van der Waals surface area contributed by atoms with Gasteiger partial charge in [-0.25, -0.2) is 0 Å². The van der Waals surface area contributed by atoms with E-state index in [1.165, 1.54) is 17.0 Å². The Kier molecular flexibility index (Phi) is 6.06. The van der Waals surface area contributed by atoms with Crippen LogP contribution in [0.4, 0.5) is 24.5 Å². The van der Waals surface area contributed by atoms with E-state index in [-0.39, 0.29) is 25.1 Å². The lowest BCUT2D eigenvalue weighted by Gasteiger charge is -2.19. The van der Waals surface area contributed by atoms with E-state index in [2.05, 4.69) is 5.32 Å². The van der Waals surface area contributed by atoms with Crippen LogP contribution >= 0.6 is 0 Å². The first kappa shape index (κ1) is 22.3. The topological polar surface area (TPSA) is 69.7 Å². The van der Waals surface area contributed by atoms with E-state index in [0.717, 1.165) is 16.5 Å². The third-order valence-corrected chi connectivity index (χ3v) is 5.01. The van der Waals surface area contributed by atoms with Gasteiger partial charge in [0.05, 0.1) is 22.4 Å². The zero-order valence-corrected chi connectivity index (χ0v) is 17.3. The van der Waals surface area contributed by atoms with E-state index in [4.69, 9.17) is 0 Å². The quantitative estimate of drug-likeness (QED) is 0.697. The third-order valence-electron chi connectivity index (χ3n) is 5.01. The number of rotatable bonds is 6. The second kappa shape index (κ2) is 8.41. The van der Waals surface area contributed by atoms with E-state index in [9.17, 15) is 27.6 Å². The summed E-state index contributed by atoms with van der Waals surface area (Å²) >= 11 is 0. The van der Waals surface area contributed by atoms with Crippen molar-refractivity contribution in [1.82, 2.24) is 4.90 Å². The van der Waals surface area contributed by atoms with Crippen molar-refractivity contribution in [3.63, 3.8) is 0 Å². The van der Waals surface area contributed by atoms with Crippen molar-refractivity contribution >= 4 is 29.1 Å². The standard InChI is InChI=1S/C22H22F3N3O3/c1-13-6-8-15-16(11-13)21(31)28(20(15)30)10-4-5-19(29)26-18-9-7-14(27(2)3)12-17(18)22(23,24)25/h6-9,11-12H,4-5,10H2,1-3H3,(H,26,29). The van der Waals surface area contributed by atoms with Crippen LogP contribution in [0.1, 0.15) is 44.7 Å². The van der Waals surface area contributed by atoms with Crippen molar-refractivity contribution in [2.75, 3.05) is 30.9 Å². The highest BCUT2D eigenvalue weighted by molar-refractivity contribution is 6.21. The number of imide groups is 1. The Morgan fingerprint density at radius 3 is 2.35 bits per heavy atom. The number of alkyl halides is 3. The lowest BCUT2D eigenvalue weighted by molar-refractivity contribution is -0.136. The fourth-order valence-electron chi connectivity index (χ4n) is 3.37. The molecule has 0 spiro atoms. The predicted octanol–water partition coefficient (Wildman–Crippen LogP) is 4.09. The molecular weight excluding hydrogens is 411 g/mol. The summed E-state index contributed by atoms with van der Waals surface area (Å²) in [6.07, 6.45) is -4.64. The average molecular weight is 433 g/mol. The number of nitrogens with zero attached hydrogens (tertiary/aromatic N) is 2. The molecule has 0 saturated carbocycles. The molecule has 9 heteroatoms. The lowest BCUT2D eigenvalue weighted by atomic mass is 10.1. The number of nitrogens with one attached hydrogen (secondary N) is 1. The molecule has 0 aliphatic carbocycles. The van der Waals surface area contributed by atoms with Crippen molar-refractivity contribution in [2.24, 2.45) is 0 Å². The maximum absolute atomic E-state index is 13.4. The molecule has 0 bridgehead atoms. The molecule has 1 N–H and O–H groups in total. The summed E-state index contributed by atoms with van der Waals surface area (Å²) in [6, 6.07) is 8.62. The van der Waals surface area contributed by atoms with Crippen molar-refractivity contribution in [2.45, 2.75) is 25.9 Å². The minimum Gasteiger partial charge on any atom is -0.378 e. The Balaban J connectivity index is 1.63. The van der Waals surface area contributed by atoms with Gasteiger partial charge in [0, 0.05) is 32.7 Å². The number of fused-ring (bicyclic) bond motifs is 1. The van der Waals surface area contributed by atoms with Crippen LogP contribution in [0.25, 0.3) is 0 Å². The van der Waals surface area contributed by atoms with Crippen molar-refractivity contribution in [3.05, 3.63) is 58.7 Å². The molecule has 0 aromatic heterocycles. The van der Waals surface area contributed by atoms with Crippen LogP contribution in [0.15, 0.2) is 36.4 Å². The second-order valence-electron chi connectivity index (χ2n) is 7.58. The van der Waals surface area contributed by atoms with Gasteiger partial charge >= 0.3 is 6.18 Å². The second-order valence-corrected chi connectivity index (χ2v) is 7.58. The minimum atomic E-state index is -4.63. The van der Waals surface area contributed by atoms with E-state index in [0.29, 0.717) is 16.8 Å². The fraction of sp³-hybridized carbons (Fsp3) is 0.318. The van der Waals surface area contributed by atoms with Crippen LogP contribution in [-0.2, 0) is 11.0 Å². The average Bonchev–Trinajstić information content (AvgIpc) is 2.91. The zero-order chi connectivity index (χ0) is 22.9. The summed E-state index contributed by atoms with van der Waals surface area (Å²) in [5.74, 6) is -1.49. The largest absolute Gasteiger partial charge is 0.418 e. The van der Waals surface area contributed by atoms with Crippen molar-refractivity contribution < 1.29 is 27.6 Å². The van der Waals surface area contributed by atoms with Crippen LogP contribution in [0.2, 0.25) is 0 Å². The first-order valence-corrected chi connectivity index (χ1v) is 9.64. The molecule has 1 aliphatic heterocycles. The van der Waals surface area contributed by atoms with Gasteiger partial charge in [-0.1, -0.05) is 11.6 Å². The van der Waals surface area contributed by atoms with Crippen LogP contribution in [0.5, 0.6) is 0 Å². The third kappa shape index (κ3) is 4.70. The highest BCUT2D eigenvalue weighted by Gasteiger charge is 2.36. The molecule has 0 unspecified atom stereocenters. The Morgan fingerprint density at radius 2 is 1.71 bits per heavy atom. The Morgan fingerprint density at radius 1 is 1.03 bits per heavy atom. The van der Waals surface area contributed by atoms with Crippen LogP contribution in [0.3, 0.4) is 0 Å². The van der Waals surface area contributed by atoms with Crippen LogP contribution in [-0.4, -0.2) is 43.3 Å². The van der Waals surface area contributed by atoms with E-state index < -0.39 is 29.5 Å². The Labute approximate surface area is 177 Å². The lowest BCUT2D eigenvalue weighted by Crippen LogP contribution is -2.31. The molecule has 0 atom stereocenters. The fourth-order valence-corrected chi connectivity index (χ4v) is 3.37. The van der Waals surface area contributed by atoms with Gasteiger partial charge in [0.15, 0.2) is 0 Å². The Hall–Kier alpha value is -3.36. The van der Waals surface area contributed by atoms with E-state index in [1.807, 2.05) is 6.92 Å². The maximum Gasteiger partial charge on any atom is 0.418 e. The maximum atomic E-state index is 13.4. The summed E-state index contributed by atoms with van der Waals surface area (Å²) in [4.78, 5) is 39.7. The molecule has 3 amide bonds. The molecule has 2 aromatic rings. The molecule has 164 valence electrons.